The van der Waals surface area contributed by atoms with Crippen LogP contribution in [0.3, 0.4) is 0 Å². The van der Waals surface area contributed by atoms with Gasteiger partial charge in [0.25, 0.3) is 0 Å². The number of rotatable bonds is 5. The van der Waals surface area contributed by atoms with Crippen LogP contribution in [0.15, 0.2) is 12.2 Å². The molecule has 2 atom stereocenters. The van der Waals surface area contributed by atoms with E-state index in [0.717, 1.165) is 25.7 Å². The van der Waals surface area contributed by atoms with E-state index in [1.807, 2.05) is 26.0 Å². The first-order chi connectivity index (χ1) is 9.00. The van der Waals surface area contributed by atoms with Gasteiger partial charge in [0.15, 0.2) is 0 Å². The van der Waals surface area contributed by atoms with Crippen LogP contribution < -0.4 is 5.32 Å². The summed E-state index contributed by atoms with van der Waals surface area (Å²) in [5.41, 5.74) is 0. The highest BCUT2D eigenvalue weighted by Gasteiger charge is 2.24. The largest absolute Gasteiger partial charge is 0.480 e. The molecule has 0 aliphatic heterocycles. The third-order valence-electron chi connectivity index (χ3n) is 3.41. The van der Waals surface area contributed by atoms with Gasteiger partial charge in [-0.25, -0.2) is 4.79 Å². The van der Waals surface area contributed by atoms with Crippen LogP contribution in [-0.2, 0) is 9.59 Å². The fourth-order valence-corrected chi connectivity index (χ4v) is 2.35. The number of carboxylic acid groups (broad SMARTS) is 1. The van der Waals surface area contributed by atoms with Crippen LogP contribution in [0.5, 0.6) is 0 Å². The van der Waals surface area contributed by atoms with Crippen LogP contribution in [0.2, 0.25) is 0 Å². The summed E-state index contributed by atoms with van der Waals surface area (Å²) in [6.07, 6.45) is 9.62. The number of nitrogens with one attached hydrogen (secondary N) is 1. The Morgan fingerprint density at radius 1 is 1.32 bits per heavy atom. The molecule has 0 bridgehead atoms. The molecule has 0 saturated carbocycles. The van der Waals surface area contributed by atoms with Crippen LogP contribution in [-0.4, -0.2) is 23.0 Å². The summed E-state index contributed by atoms with van der Waals surface area (Å²) in [6, 6.07) is -0.772. The molecular weight excluding hydrogens is 242 g/mol. The van der Waals surface area contributed by atoms with E-state index < -0.39 is 12.0 Å². The van der Waals surface area contributed by atoms with E-state index >= 15 is 0 Å². The summed E-state index contributed by atoms with van der Waals surface area (Å²) in [5.74, 6) is -1.02. The van der Waals surface area contributed by atoms with Crippen LogP contribution in [0.25, 0.3) is 0 Å². The van der Waals surface area contributed by atoms with Gasteiger partial charge in [-0.3, -0.25) is 4.79 Å². The molecule has 0 aromatic rings. The van der Waals surface area contributed by atoms with Gasteiger partial charge in [0, 0.05) is 0 Å². The van der Waals surface area contributed by atoms with E-state index in [1.54, 1.807) is 0 Å². The van der Waals surface area contributed by atoms with Gasteiger partial charge in [-0.05, 0) is 31.6 Å². The molecule has 0 aromatic heterocycles. The van der Waals surface area contributed by atoms with Gasteiger partial charge >= 0.3 is 5.97 Å². The van der Waals surface area contributed by atoms with Crippen LogP contribution in [0.4, 0.5) is 0 Å². The maximum absolute atomic E-state index is 12.1. The Morgan fingerprint density at radius 2 is 2.05 bits per heavy atom. The molecule has 4 heteroatoms. The first-order valence-electron chi connectivity index (χ1n) is 7.20. The van der Waals surface area contributed by atoms with Gasteiger partial charge in [0.05, 0.1) is 5.92 Å². The van der Waals surface area contributed by atoms with Gasteiger partial charge in [-0.15, -0.1) is 0 Å². The molecular formula is C15H25NO3. The quantitative estimate of drug-likeness (QED) is 0.753. The second-order valence-electron chi connectivity index (χ2n) is 5.70. The standard InChI is InChI=1S/C15H25NO3/c1-11(2)10-13(15(18)19)16-14(17)12-8-6-4-3-5-7-9-12/h6,8,11-13H,3-5,7,9-10H2,1-2H3,(H,16,17)(H,18,19). The summed E-state index contributed by atoms with van der Waals surface area (Å²) < 4.78 is 0. The molecule has 4 nitrogen and oxygen atoms in total. The molecule has 0 heterocycles. The first-order valence-corrected chi connectivity index (χ1v) is 7.20. The third kappa shape index (κ3) is 5.90. The second kappa shape index (κ2) is 7.97. The third-order valence-corrected chi connectivity index (χ3v) is 3.41. The summed E-state index contributed by atoms with van der Waals surface area (Å²) >= 11 is 0. The predicted molar refractivity (Wildman–Crippen MR) is 74.7 cm³/mol. The van der Waals surface area contributed by atoms with Crippen molar-refractivity contribution in [3.8, 4) is 0 Å². The zero-order chi connectivity index (χ0) is 14.3. The van der Waals surface area contributed by atoms with Crippen molar-refractivity contribution >= 4 is 11.9 Å². The fraction of sp³-hybridized carbons (Fsp3) is 0.733. The Bertz CT molecular complexity index is 336. The number of carbonyl (C=O) groups is 2. The van der Waals surface area contributed by atoms with Gasteiger partial charge in [-0.1, -0.05) is 38.8 Å². The minimum atomic E-state index is -0.947. The van der Waals surface area contributed by atoms with Crippen LogP contribution in [0.1, 0.15) is 52.4 Å². The van der Waals surface area contributed by atoms with E-state index in [2.05, 4.69) is 5.32 Å². The molecule has 2 unspecified atom stereocenters. The Balaban J connectivity index is 2.59. The van der Waals surface area contributed by atoms with Gasteiger partial charge in [0.2, 0.25) is 5.91 Å². The normalized spacial score (nSPS) is 21.5. The lowest BCUT2D eigenvalue weighted by Crippen LogP contribution is -2.44. The Kier molecular flexibility index (Phi) is 6.60. The van der Waals surface area contributed by atoms with Crippen molar-refractivity contribution in [1.82, 2.24) is 5.32 Å². The second-order valence-corrected chi connectivity index (χ2v) is 5.70. The van der Waals surface area contributed by atoms with Crippen LogP contribution >= 0.6 is 0 Å². The van der Waals surface area contributed by atoms with E-state index in [9.17, 15) is 9.59 Å². The van der Waals surface area contributed by atoms with Crippen molar-refractivity contribution in [3.63, 3.8) is 0 Å². The molecule has 1 rings (SSSR count). The number of hydrogen-bond donors (Lipinski definition) is 2. The van der Waals surface area contributed by atoms with Gasteiger partial charge in [-0.2, -0.15) is 0 Å². The smallest absolute Gasteiger partial charge is 0.326 e. The predicted octanol–water partition coefficient (Wildman–Crippen LogP) is 2.74. The SMILES string of the molecule is CC(C)CC(NC(=O)C1C=CCCCCC1)C(=O)O. The highest BCUT2D eigenvalue weighted by atomic mass is 16.4. The lowest BCUT2D eigenvalue weighted by Gasteiger charge is -2.20. The molecule has 19 heavy (non-hydrogen) atoms. The summed E-state index contributed by atoms with van der Waals surface area (Å²) in [6.45, 7) is 3.91. The maximum atomic E-state index is 12.1. The fourth-order valence-electron chi connectivity index (χ4n) is 2.35. The number of amides is 1. The maximum Gasteiger partial charge on any atom is 0.326 e. The average Bonchev–Trinajstić information content (AvgIpc) is 2.26. The summed E-state index contributed by atoms with van der Waals surface area (Å²) in [7, 11) is 0. The molecule has 2 N–H and O–H groups in total. The number of aliphatic carboxylic acids is 1. The number of carbonyl (C=O) groups excluding carboxylic acids is 1. The monoisotopic (exact) mass is 267 g/mol. The summed E-state index contributed by atoms with van der Waals surface area (Å²) in [5, 5.41) is 11.8. The van der Waals surface area contributed by atoms with Crippen LogP contribution in [0, 0.1) is 11.8 Å². The van der Waals surface area contributed by atoms with E-state index in [0.29, 0.717) is 6.42 Å². The minimum Gasteiger partial charge on any atom is -0.480 e. The molecule has 1 aliphatic carbocycles. The topological polar surface area (TPSA) is 66.4 Å². The highest BCUT2D eigenvalue weighted by molar-refractivity contribution is 5.86. The van der Waals surface area contributed by atoms with Gasteiger partial charge < -0.3 is 10.4 Å². The molecule has 0 radical (unpaired) electrons. The molecule has 0 fully saturated rings. The molecule has 0 spiro atoms. The average molecular weight is 267 g/mol. The van der Waals surface area contributed by atoms with Crippen molar-refractivity contribution in [3.05, 3.63) is 12.2 Å². The molecule has 108 valence electrons. The molecule has 1 amide bonds. The number of allylic oxidation sites excluding steroid dienone is 1. The van der Waals surface area contributed by atoms with E-state index in [-0.39, 0.29) is 17.7 Å². The van der Waals surface area contributed by atoms with E-state index in [4.69, 9.17) is 5.11 Å². The van der Waals surface area contributed by atoms with E-state index in [1.165, 1.54) is 6.42 Å². The van der Waals surface area contributed by atoms with Crippen molar-refractivity contribution in [1.29, 1.82) is 0 Å². The van der Waals surface area contributed by atoms with Crippen molar-refractivity contribution in [2.24, 2.45) is 11.8 Å². The zero-order valence-corrected chi connectivity index (χ0v) is 11.9. The highest BCUT2D eigenvalue weighted by Crippen LogP contribution is 2.17. The van der Waals surface area contributed by atoms with Gasteiger partial charge in [0.1, 0.15) is 6.04 Å². The first kappa shape index (κ1) is 15.7. The van der Waals surface area contributed by atoms with Crippen molar-refractivity contribution < 1.29 is 14.7 Å². The molecule has 1 aliphatic rings. The zero-order valence-electron chi connectivity index (χ0n) is 11.9. The minimum absolute atomic E-state index is 0.147. The molecule has 0 aromatic carbocycles. The van der Waals surface area contributed by atoms with Crippen molar-refractivity contribution in [2.45, 2.75) is 58.4 Å². The number of hydrogen-bond acceptors (Lipinski definition) is 2. The lowest BCUT2D eigenvalue weighted by molar-refractivity contribution is -0.142. The Hall–Kier alpha value is -1.32. The summed E-state index contributed by atoms with van der Waals surface area (Å²) in [4.78, 5) is 23.3. The number of carboxylic acids is 1. The van der Waals surface area contributed by atoms with Crippen molar-refractivity contribution in [2.75, 3.05) is 0 Å². The Labute approximate surface area is 115 Å². The molecule has 0 saturated heterocycles. The lowest BCUT2D eigenvalue weighted by atomic mass is 9.95. The Morgan fingerprint density at radius 3 is 2.68 bits per heavy atom.